The van der Waals surface area contributed by atoms with Crippen molar-refractivity contribution < 1.29 is 4.79 Å². The normalized spacial score (nSPS) is 10.4. The first kappa shape index (κ1) is 15.3. The summed E-state index contributed by atoms with van der Waals surface area (Å²) in [5, 5.41) is 2.92. The van der Waals surface area contributed by atoms with E-state index in [1.54, 1.807) is 0 Å². The third-order valence-electron chi connectivity index (χ3n) is 3.40. The van der Waals surface area contributed by atoms with Crippen LogP contribution in [-0.4, -0.2) is 12.5 Å². The molecule has 2 aromatic carbocycles. The van der Waals surface area contributed by atoms with Crippen molar-refractivity contribution in [3.05, 3.63) is 65.2 Å². The molecule has 1 amide bonds. The van der Waals surface area contributed by atoms with Gasteiger partial charge in [-0.1, -0.05) is 37.6 Å². The lowest BCUT2D eigenvalue weighted by molar-refractivity contribution is 0.102. The van der Waals surface area contributed by atoms with Gasteiger partial charge in [-0.2, -0.15) is 0 Å². The molecular weight excluding hydrogens is 260 g/mol. The third kappa shape index (κ3) is 4.43. The fourth-order valence-electron chi connectivity index (χ4n) is 2.24. The fraction of sp³-hybridized carbons (Fsp3) is 0.278. The van der Waals surface area contributed by atoms with Crippen molar-refractivity contribution in [1.82, 2.24) is 0 Å². The number of aryl methyl sites for hydroxylation is 1. The molecule has 110 valence electrons. The van der Waals surface area contributed by atoms with Gasteiger partial charge in [0.05, 0.1) is 0 Å². The highest BCUT2D eigenvalue weighted by atomic mass is 16.1. The maximum atomic E-state index is 12.2. The number of hydrogen-bond acceptors (Lipinski definition) is 2. The molecular formula is C18H22N2O. The molecule has 0 atom stereocenters. The Balaban J connectivity index is 2.00. The maximum absolute atomic E-state index is 12.2. The second-order valence-electron chi connectivity index (χ2n) is 5.14. The molecule has 0 aliphatic carbocycles. The number of nitrogens with two attached hydrogens (primary N) is 1. The molecule has 0 unspecified atom stereocenters. The van der Waals surface area contributed by atoms with Crippen molar-refractivity contribution in [2.24, 2.45) is 5.73 Å². The predicted octanol–water partition coefficient (Wildman–Crippen LogP) is 3.39. The van der Waals surface area contributed by atoms with Crippen LogP contribution in [0.2, 0.25) is 0 Å². The molecule has 3 N–H and O–H groups in total. The van der Waals surface area contributed by atoms with E-state index in [1.165, 1.54) is 5.56 Å². The number of carbonyl (C=O) groups is 1. The van der Waals surface area contributed by atoms with Gasteiger partial charge >= 0.3 is 0 Å². The van der Waals surface area contributed by atoms with Crippen LogP contribution in [0.3, 0.4) is 0 Å². The van der Waals surface area contributed by atoms with Crippen LogP contribution in [0, 0.1) is 0 Å². The molecule has 3 heteroatoms. The molecule has 0 fully saturated rings. The molecule has 0 saturated carbocycles. The minimum atomic E-state index is -0.0856. The van der Waals surface area contributed by atoms with Crippen LogP contribution in [0.25, 0.3) is 0 Å². The Labute approximate surface area is 126 Å². The lowest BCUT2D eigenvalue weighted by Crippen LogP contribution is -2.12. The van der Waals surface area contributed by atoms with Crippen molar-refractivity contribution >= 4 is 11.6 Å². The lowest BCUT2D eigenvalue weighted by atomic mass is 10.1. The maximum Gasteiger partial charge on any atom is 0.255 e. The number of amides is 1. The molecule has 0 heterocycles. The van der Waals surface area contributed by atoms with Crippen LogP contribution in [0.4, 0.5) is 5.69 Å². The molecule has 3 nitrogen and oxygen atoms in total. The van der Waals surface area contributed by atoms with Gasteiger partial charge in [0.2, 0.25) is 0 Å². The van der Waals surface area contributed by atoms with Crippen LogP contribution in [0.1, 0.15) is 34.8 Å². The van der Waals surface area contributed by atoms with Crippen molar-refractivity contribution in [2.45, 2.75) is 26.2 Å². The van der Waals surface area contributed by atoms with Crippen LogP contribution < -0.4 is 11.1 Å². The second kappa shape index (κ2) is 7.60. The van der Waals surface area contributed by atoms with E-state index in [2.05, 4.69) is 24.4 Å². The van der Waals surface area contributed by atoms with Crippen LogP contribution in [-0.2, 0) is 12.8 Å². The molecule has 0 saturated heterocycles. The first-order chi connectivity index (χ1) is 10.2. The van der Waals surface area contributed by atoms with E-state index in [4.69, 9.17) is 5.73 Å². The summed E-state index contributed by atoms with van der Waals surface area (Å²) in [5.41, 5.74) is 9.44. The number of rotatable bonds is 6. The summed E-state index contributed by atoms with van der Waals surface area (Å²) >= 11 is 0. The Hall–Kier alpha value is -2.13. The van der Waals surface area contributed by atoms with Gasteiger partial charge in [0, 0.05) is 11.3 Å². The van der Waals surface area contributed by atoms with Crippen molar-refractivity contribution in [3.63, 3.8) is 0 Å². The fourth-order valence-corrected chi connectivity index (χ4v) is 2.24. The summed E-state index contributed by atoms with van der Waals surface area (Å²) < 4.78 is 0. The van der Waals surface area contributed by atoms with Gasteiger partial charge in [0.15, 0.2) is 0 Å². The zero-order valence-corrected chi connectivity index (χ0v) is 12.4. The van der Waals surface area contributed by atoms with Crippen LogP contribution in [0.5, 0.6) is 0 Å². The highest BCUT2D eigenvalue weighted by molar-refractivity contribution is 6.04. The second-order valence-corrected chi connectivity index (χ2v) is 5.14. The zero-order chi connectivity index (χ0) is 15.1. The van der Waals surface area contributed by atoms with Gasteiger partial charge in [-0.25, -0.2) is 0 Å². The Morgan fingerprint density at radius 1 is 0.952 bits per heavy atom. The monoisotopic (exact) mass is 282 g/mol. The van der Waals surface area contributed by atoms with Crippen molar-refractivity contribution in [2.75, 3.05) is 11.9 Å². The van der Waals surface area contributed by atoms with E-state index in [0.717, 1.165) is 30.5 Å². The quantitative estimate of drug-likeness (QED) is 0.853. The van der Waals surface area contributed by atoms with E-state index in [0.29, 0.717) is 12.1 Å². The topological polar surface area (TPSA) is 55.1 Å². The summed E-state index contributed by atoms with van der Waals surface area (Å²) in [6.45, 7) is 2.78. The lowest BCUT2D eigenvalue weighted by Gasteiger charge is -2.07. The molecule has 0 bridgehead atoms. The van der Waals surface area contributed by atoms with Gasteiger partial charge in [-0.3, -0.25) is 4.79 Å². The van der Waals surface area contributed by atoms with E-state index in [1.807, 2.05) is 36.4 Å². The summed E-state index contributed by atoms with van der Waals surface area (Å²) in [7, 11) is 0. The van der Waals surface area contributed by atoms with Crippen molar-refractivity contribution in [1.29, 1.82) is 0 Å². The van der Waals surface area contributed by atoms with Crippen molar-refractivity contribution in [3.8, 4) is 0 Å². The number of anilines is 1. The van der Waals surface area contributed by atoms with Crippen LogP contribution >= 0.6 is 0 Å². The molecule has 0 aromatic heterocycles. The minimum Gasteiger partial charge on any atom is -0.330 e. The number of hydrogen-bond donors (Lipinski definition) is 2. The summed E-state index contributed by atoms with van der Waals surface area (Å²) in [5.74, 6) is -0.0856. The molecule has 0 aliphatic rings. The zero-order valence-electron chi connectivity index (χ0n) is 12.4. The van der Waals surface area contributed by atoms with Gasteiger partial charge in [-0.05, 0) is 54.8 Å². The van der Waals surface area contributed by atoms with Crippen LogP contribution in [0.15, 0.2) is 48.5 Å². The highest BCUT2D eigenvalue weighted by Gasteiger charge is 2.06. The average molecular weight is 282 g/mol. The molecule has 21 heavy (non-hydrogen) atoms. The first-order valence-electron chi connectivity index (χ1n) is 7.42. The molecule has 0 spiro atoms. The minimum absolute atomic E-state index is 0.0856. The van der Waals surface area contributed by atoms with E-state index >= 15 is 0 Å². The Morgan fingerprint density at radius 3 is 2.10 bits per heavy atom. The van der Waals surface area contributed by atoms with Gasteiger partial charge in [-0.15, -0.1) is 0 Å². The van der Waals surface area contributed by atoms with Gasteiger partial charge in [0.25, 0.3) is 5.91 Å². The average Bonchev–Trinajstić information content (AvgIpc) is 2.50. The summed E-state index contributed by atoms with van der Waals surface area (Å²) in [6, 6.07) is 15.6. The van der Waals surface area contributed by atoms with E-state index in [9.17, 15) is 4.79 Å². The molecule has 0 aliphatic heterocycles. The van der Waals surface area contributed by atoms with E-state index in [-0.39, 0.29) is 5.91 Å². The van der Waals surface area contributed by atoms with Gasteiger partial charge in [0.1, 0.15) is 0 Å². The van der Waals surface area contributed by atoms with E-state index < -0.39 is 0 Å². The number of carbonyl (C=O) groups excluding carboxylic acids is 1. The summed E-state index contributed by atoms with van der Waals surface area (Å²) in [4.78, 5) is 12.2. The molecule has 2 aromatic rings. The number of benzene rings is 2. The summed E-state index contributed by atoms with van der Waals surface area (Å²) in [6.07, 6.45) is 3.03. The third-order valence-corrected chi connectivity index (χ3v) is 3.40. The Kier molecular flexibility index (Phi) is 5.52. The Morgan fingerprint density at radius 2 is 1.52 bits per heavy atom. The largest absolute Gasteiger partial charge is 0.330 e. The molecule has 2 rings (SSSR count). The number of nitrogens with one attached hydrogen (secondary N) is 1. The van der Waals surface area contributed by atoms with Gasteiger partial charge < -0.3 is 11.1 Å². The molecule has 0 radical (unpaired) electrons. The predicted molar refractivity (Wildman–Crippen MR) is 87.6 cm³/mol. The Bertz CT molecular complexity index is 573. The standard InChI is InChI=1S/C18H22N2O/c1-2-3-14-6-10-17(11-7-14)20-18(21)16-8-4-15(5-9-16)12-13-19/h4-11H,2-3,12-13,19H2,1H3,(H,20,21). The smallest absolute Gasteiger partial charge is 0.255 e. The SMILES string of the molecule is CCCc1ccc(NC(=O)c2ccc(CCN)cc2)cc1. The first-order valence-corrected chi connectivity index (χ1v) is 7.42. The highest BCUT2D eigenvalue weighted by Crippen LogP contribution is 2.13.